The van der Waals surface area contributed by atoms with Gasteiger partial charge in [0, 0.05) is 62.3 Å². The van der Waals surface area contributed by atoms with Crippen LogP contribution in [0.1, 0.15) is 47.2 Å². The molecule has 2 fully saturated rings. The number of rotatable bonds is 5. The van der Waals surface area contributed by atoms with Gasteiger partial charge >= 0.3 is 0 Å². The first-order valence-electron chi connectivity index (χ1n) is 11.4. The number of fused-ring (bicyclic) bond motifs is 1. The van der Waals surface area contributed by atoms with Crippen molar-refractivity contribution in [2.75, 3.05) is 18.0 Å². The first-order chi connectivity index (χ1) is 15.6. The Morgan fingerprint density at radius 2 is 1.88 bits per heavy atom. The summed E-state index contributed by atoms with van der Waals surface area (Å²) in [7, 11) is 0. The number of nitrogens with one attached hydrogen (secondary N) is 2. The smallest absolute Gasteiger partial charge is 0.254 e. The Bertz CT molecular complexity index is 990. The number of anilines is 1. The molecule has 2 atom stereocenters. The predicted octanol–water partition coefficient (Wildman–Crippen LogP) is 1.39. The Balaban J connectivity index is 1.16. The van der Waals surface area contributed by atoms with Crippen molar-refractivity contribution in [2.45, 2.75) is 57.1 Å². The maximum absolute atomic E-state index is 12.9. The summed E-state index contributed by atoms with van der Waals surface area (Å²) in [6.45, 7) is 3.29. The van der Waals surface area contributed by atoms with Crippen LogP contribution in [-0.2, 0) is 17.9 Å². The van der Waals surface area contributed by atoms with E-state index in [0.29, 0.717) is 31.0 Å². The molecule has 3 N–H and O–H groups in total. The molecule has 2 unspecified atom stereocenters. The van der Waals surface area contributed by atoms with E-state index in [9.17, 15) is 14.7 Å². The molecule has 0 radical (unpaired) electrons. The summed E-state index contributed by atoms with van der Waals surface area (Å²) < 4.78 is 0. The maximum Gasteiger partial charge on any atom is 0.254 e. The van der Waals surface area contributed by atoms with Crippen molar-refractivity contribution in [3.05, 3.63) is 59.4 Å². The lowest BCUT2D eigenvalue weighted by Gasteiger charge is -2.35. The molecule has 0 saturated carbocycles. The standard InChI is InChI=1S/C24H29N5O3/c30-22-4-3-21(23(31)27-22)29-15-17-13-16(1-2-20(17)24(29)32)14-26-18-7-11-28(12-8-18)19-5-9-25-10-6-19/h1-2,5-6,9-10,13,18,21,23,26,31H,3-4,7-8,11-12,14-15H2,(H,27,30). The van der Waals surface area contributed by atoms with Gasteiger partial charge in [0.1, 0.15) is 6.23 Å². The average Bonchev–Trinajstić information content (AvgIpc) is 3.14. The van der Waals surface area contributed by atoms with E-state index in [1.54, 1.807) is 4.90 Å². The van der Waals surface area contributed by atoms with Gasteiger partial charge in [0.2, 0.25) is 5.91 Å². The molecule has 8 heteroatoms. The third kappa shape index (κ3) is 4.20. The monoisotopic (exact) mass is 435 g/mol. The molecule has 0 bridgehead atoms. The number of aromatic nitrogens is 1. The normalized spacial score (nSPS) is 23.9. The van der Waals surface area contributed by atoms with Gasteiger partial charge in [-0.1, -0.05) is 12.1 Å². The lowest BCUT2D eigenvalue weighted by atomic mass is 10.0. The van der Waals surface area contributed by atoms with Crippen molar-refractivity contribution in [3.8, 4) is 0 Å². The van der Waals surface area contributed by atoms with E-state index in [1.807, 2.05) is 24.5 Å². The summed E-state index contributed by atoms with van der Waals surface area (Å²) in [4.78, 5) is 32.5. The Morgan fingerprint density at radius 3 is 2.62 bits per heavy atom. The van der Waals surface area contributed by atoms with Gasteiger partial charge in [0.05, 0.1) is 6.04 Å². The largest absolute Gasteiger partial charge is 0.372 e. The first-order valence-corrected chi connectivity index (χ1v) is 11.4. The summed E-state index contributed by atoms with van der Waals surface area (Å²) in [5.74, 6) is -0.235. The van der Waals surface area contributed by atoms with Gasteiger partial charge in [-0.15, -0.1) is 0 Å². The van der Waals surface area contributed by atoms with E-state index in [1.165, 1.54) is 5.69 Å². The Hall–Kier alpha value is -2.97. The second-order valence-electron chi connectivity index (χ2n) is 8.89. The number of aliphatic hydroxyl groups is 1. The molecule has 1 aromatic heterocycles. The molecule has 3 aliphatic rings. The van der Waals surface area contributed by atoms with Crippen molar-refractivity contribution in [1.82, 2.24) is 20.5 Å². The van der Waals surface area contributed by atoms with Gasteiger partial charge < -0.3 is 25.5 Å². The summed E-state index contributed by atoms with van der Waals surface area (Å²) >= 11 is 0. The number of hydrogen-bond acceptors (Lipinski definition) is 6. The van der Waals surface area contributed by atoms with E-state index in [0.717, 1.165) is 43.6 Å². The highest BCUT2D eigenvalue weighted by Gasteiger charge is 2.38. The zero-order chi connectivity index (χ0) is 22.1. The van der Waals surface area contributed by atoms with Crippen molar-refractivity contribution in [2.24, 2.45) is 0 Å². The first kappa shape index (κ1) is 20.9. The second-order valence-corrected chi connectivity index (χ2v) is 8.89. The van der Waals surface area contributed by atoms with Crippen LogP contribution in [0.2, 0.25) is 0 Å². The van der Waals surface area contributed by atoms with Crippen LogP contribution in [0.4, 0.5) is 5.69 Å². The molecular weight excluding hydrogens is 406 g/mol. The summed E-state index contributed by atoms with van der Waals surface area (Å²) in [6.07, 6.45) is 5.66. The molecule has 1 aromatic carbocycles. The fourth-order valence-corrected chi connectivity index (χ4v) is 5.03. The van der Waals surface area contributed by atoms with Gasteiger partial charge in [-0.05, 0) is 48.6 Å². The number of amides is 2. The van der Waals surface area contributed by atoms with E-state index in [2.05, 4.69) is 38.7 Å². The van der Waals surface area contributed by atoms with Gasteiger partial charge in [0.25, 0.3) is 5.91 Å². The molecule has 32 heavy (non-hydrogen) atoms. The van der Waals surface area contributed by atoms with Crippen LogP contribution < -0.4 is 15.5 Å². The SMILES string of the molecule is O=C1CCC(N2Cc3cc(CNC4CCN(c5ccncc5)CC4)ccc3C2=O)C(O)N1. The lowest BCUT2D eigenvalue weighted by molar-refractivity contribution is -0.129. The van der Waals surface area contributed by atoms with Crippen LogP contribution in [0.3, 0.4) is 0 Å². The van der Waals surface area contributed by atoms with Crippen molar-refractivity contribution in [3.63, 3.8) is 0 Å². The number of carbonyl (C=O) groups excluding carboxylic acids is 2. The quantitative estimate of drug-likeness (QED) is 0.657. The van der Waals surface area contributed by atoms with Crippen molar-refractivity contribution in [1.29, 1.82) is 0 Å². The molecule has 2 amide bonds. The van der Waals surface area contributed by atoms with Crippen LogP contribution in [0.25, 0.3) is 0 Å². The highest BCUT2D eigenvalue weighted by molar-refractivity contribution is 5.98. The third-order valence-electron chi connectivity index (χ3n) is 6.86. The number of nitrogens with zero attached hydrogens (tertiary/aromatic N) is 3. The zero-order valence-electron chi connectivity index (χ0n) is 18.0. The Labute approximate surface area is 187 Å². The minimum atomic E-state index is -1.01. The molecule has 168 valence electrons. The average molecular weight is 436 g/mol. The van der Waals surface area contributed by atoms with Gasteiger partial charge in [-0.3, -0.25) is 14.6 Å². The summed E-state index contributed by atoms with van der Waals surface area (Å²) in [6, 6.07) is 10.2. The fraction of sp³-hybridized carbons (Fsp3) is 0.458. The molecule has 3 aliphatic heterocycles. The van der Waals surface area contributed by atoms with Crippen LogP contribution >= 0.6 is 0 Å². The van der Waals surface area contributed by atoms with Crippen LogP contribution in [-0.4, -0.2) is 58.2 Å². The summed E-state index contributed by atoms with van der Waals surface area (Å²) in [5, 5.41) is 16.4. The number of hydrogen-bond donors (Lipinski definition) is 3. The molecule has 2 saturated heterocycles. The number of pyridine rings is 1. The highest BCUT2D eigenvalue weighted by Crippen LogP contribution is 2.29. The van der Waals surface area contributed by atoms with Crippen molar-refractivity contribution < 1.29 is 14.7 Å². The fourth-order valence-electron chi connectivity index (χ4n) is 5.03. The Morgan fingerprint density at radius 1 is 1.09 bits per heavy atom. The second kappa shape index (κ2) is 8.88. The molecule has 4 heterocycles. The topological polar surface area (TPSA) is 97.8 Å². The van der Waals surface area contributed by atoms with Gasteiger partial charge in [-0.2, -0.15) is 0 Å². The third-order valence-corrected chi connectivity index (χ3v) is 6.86. The van der Waals surface area contributed by atoms with E-state index < -0.39 is 6.23 Å². The van der Waals surface area contributed by atoms with Gasteiger partial charge in [0.15, 0.2) is 0 Å². The number of aliphatic hydroxyl groups excluding tert-OH is 1. The number of benzene rings is 1. The van der Waals surface area contributed by atoms with E-state index >= 15 is 0 Å². The summed E-state index contributed by atoms with van der Waals surface area (Å²) in [5.41, 5.74) is 4.08. The lowest BCUT2D eigenvalue weighted by Crippen LogP contribution is -2.55. The zero-order valence-corrected chi connectivity index (χ0v) is 18.0. The number of piperidine rings is 2. The molecular formula is C24H29N5O3. The minimum absolute atomic E-state index is 0.0665. The molecule has 0 aliphatic carbocycles. The van der Waals surface area contributed by atoms with E-state index in [4.69, 9.17) is 0 Å². The number of carbonyl (C=O) groups is 2. The molecule has 0 spiro atoms. The van der Waals surface area contributed by atoms with Crippen LogP contribution in [0, 0.1) is 0 Å². The predicted molar refractivity (Wildman–Crippen MR) is 120 cm³/mol. The molecule has 2 aromatic rings. The molecule has 8 nitrogen and oxygen atoms in total. The van der Waals surface area contributed by atoms with Crippen molar-refractivity contribution >= 4 is 17.5 Å². The van der Waals surface area contributed by atoms with Gasteiger partial charge in [-0.25, -0.2) is 0 Å². The van der Waals surface area contributed by atoms with Crippen LogP contribution in [0.15, 0.2) is 42.7 Å². The highest BCUT2D eigenvalue weighted by atomic mass is 16.3. The minimum Gasteiger partial charge on any atom is -0.372 e. The molecule has 5 rings (SSSR count). The van der Waals surface area contributed by atoms with Crippen LogP contribution in [0.5, 0.6) is 0 Å². The van der Waals surface area contributed by atoms with E-state index in [-0.39, 0.29) is 17.9 Å². The Kier molecular flexibility index (Phi) is 5.80. The maximum atomic E-state index is 12.9.